The van der Waals surface area contributed by atoms with Crippen LogP contribution in [0.2, 0.25) is 0 Å². The SMILES string of the molecule is Cc1cc(F)c(Br)cc1N=C(N)C1CCCC1. The molecule has 0 aliphatic heterocycles. The standard InChI is InChI=1S/C13H16BrFN2/c1-8-6-11(15)10(14)7-12(8)17-13(16)9-4-2-3-5-9/h6-7,9H,2-5H2,1H3,(H2,16,17). The van der Waals surface area contributed by atoms with Crippen molar-refractivity contribution in [2.75, 3.05) is 0 Å². The lowest BCUT2D eigenvalue weighted by Crippen LogP contribution is -2.20. The molecule has 2 nitrogen and oxygen atoms in total. The Labute approximate surface area is 109 Å². The molecule has 0 unspecified atom stereocenters. The Morgan fingerprint density at radius 1 is 1.41 bits per heavy atom. The smallest absolute Gasteiger partial charge is 0.137 e. The Kier molecular flexibility index (Phi) is 3.82. The van der Waals surface area contributed by atoms with E-state index >= 15 is 0 Å². The number of aryl methyl sites for hydroxylation is 1. The Balaban J connectivity index is 2.28. The monoisotopic (exact) mass is 298 g/mol. The third kappa shape index (κ3) is 2.86. The van der Waals surface area contributed by atoms with Gasteiger partial charge in [0.15, 0.2) is 0 Å². The molecule has 0 atom stereocenters. The number of hydrogen-bond acceptors (Lipinski definition) is 1. The molecule has 0 bridgehead atoms. The summed E-state index contributed by atoms with van der Waals surface area (Å²) >= 11 is 3.17. The number of nitrogens with zero attached hydrogens (tertiary/aromatic N) is 1. The average Bonchev–Trinajstić information content (AvgIpc) is 2.79. The molecule has 0 aromatic heterocycles. The highest BCUT2D eigenvalue weighted by atomic mass is 79.9. The van der Waals surface area contributed by atoms with Crippen LogP contribution in [0.3, 0.4) is 0 Å². The molecule has 0 amide bonds. The third-order valence-electron chi connectivity index (χ3n) is 3.26. The van der Waals surface area contributed by atoms with Crippen molar-refractivity contribution >= 4 is 27.5 Å². The van der Waals surface area contributed by atoms with Crippen molar-refractivity contribution in [3.8, 4) is 0 Å². The first-order valence-corrected chi connectivity index (χ1v) is 6.67. The van der Waals surface area contributed by atoms with E-state index in [1.807, 2.05) is 6.92 Å². The van der Waals surface area contributed by atoms with Crippen LogP contribution in [0.4, 0.5) is 10.1 Å². The molecule has 0 radical (unpaired) electrons. The lowest BCUT2D eigenvalue weighted by molar-refractivity contribution is 0.620. The summed E-state index contributed by atoms with van der Waals surface area (Å²) in [5, 5.41) is 0. The van der Waals surface area contributed by atoms with E-state index < -0.39 is 0 Å². The van der Waals surface area contributed by atoms with Crippen LogP contribution in [-0.4, -0.2) is 5.84 Å². The number of amidine groups is 1. The van der Waals surface area contributed by atoms with E-state index in [0.29, 0.717) is 16.2 Å². The van der Waals surface area contributed by atoms with Crippen LogP contribution >= 0.6 is 15.9 Å². The normalized spacial score (nSPS) is 17.7. The fourth-order valence-electron chi connectivity index (χ4n) is 2.21. The highest BCUT2D eigenvalue weighted by Gasteiger charge is 2.18. The van der Waals surface area contributed by atoms with Gasteiger partial charge in [-0.25, -0.2) is 9.38 Å². The van der Waals surface area contributed by atoms with E-state index in [4.69, 9.17) is 5.73 Å². The minimum Gasteiger partial charge on any atom is -0.387 e. The first-order chi connectivity index (χ1) is 8.08. The fraction of sp³-hybridized carbons (Fsp3) is 0.462. The maximum absolute atomic E-state index is 13.3. The molecule has 2 rings (SSSR count). The van der Waals surface area contributed by atoms with Crippen molar-refractivity contribution < 1.29 is 4.39 Å². The van der Waals surface area contributed by atoms with Crippen LogP contribution in [0, 0.1) is 18.7 Å². The minimum absolute atomic E-state index is 0.263. The zero-order valence-electron chi connectivity index (χ0n) is 9.84. The van der Waals surface area contributed by atoms with E-state index in [0.717, 1.165) is 24.1 Å². The van der Waals surface area contributed by atoms with Crippen LogP contribution in [0.1, 0.15) is 31.2 Å². The number of halogens is 2. The third-order valence-corrected chi connectivity index (χ3v) is 3.87. The molecule has 92 valence electrons. The molecular formula is C13H16BrFN2. The molecule has 0 saturated heterocycles. The van der Waals surface area contributed by atoms with Crippen molar-refractivity contribution in [3.05, 3.63) is 28.0 Å². The van der Waals surface area contributed by atoms with E-state index in [1.54, 1.807) is 6.07 Å². The van der Waals surface area contributed by atoms with Gasteiger partial charge in [0.1, 0.15) is 11.7 Å². The van der Waals surface area contributed by atoms with Crippen LogP contribution in [-0.2, 0) is 0 Å². The van der Waals surface area contributed by atoms with Gasteiger partial charge in [0, 0.05) is 5.92 Å². The summed E-state index contributed by atoms with van der Waals surface area (Å²) in [5.74, 6) is 0.822. The number of hydrogen-bond donors (Lipinski definition) is 1. The Morgan fingerprint density at radius 2 is 2.06 bits per heavy atom. The largest absolute Gasteiger partial charge is 0.387 e. The molecule has 17 heavy (non-hydrogen) atoms. The zero-order valence-corrected chi connectivity index (χ0v) is 11.4. The number of nitrogens with two attached hydrogens (primary N) is 1. The number of aliphatic imine (C=N–C) groups is 1. The molecular weight excluding hydrogens is 283 g/mol. The Hall–Kier alpha value is -0.900. The van der Waals surface area contributed by atoms with Crippen molar-refractivity contribution in [1.82, 2.24) is 0 Å². The zero-order chi connectivity index (χ0) is 12.4. The van der Waals surface area contributed by atoms with Gasteiger partial charge in [0.2, 0.25) is 0 Å². The number of benzene rings is 1. The van der Waals surface area contributed by atoms with E-state index in [2.05, 4.69) is 20.9 Å². The molecule has 1 fully saturated rings. The summed E-state index contributed by atoms with van der Waals surface area (Å²) in [6.45, 7) is 1.84. The number of rotatable bonds is 2. The fourth-order valence-corrected chi connectivity index (χ4v) is 2.54. The van der Waals surface area contributed by atoms with E-state index in [1.165, 1.54) is 18.9 Å². The summed E-state index contributed by atoms with van der Waals surface area (Å²) in [7, 11) is 0. The summed E-state index contributed by atoms with van der Waals surface area (Å²) in [6.07, 6.45) is 4.70. The van der Waals surface area contributed by atoms with Crippen LogP contribution < -0.4 is 5.73 Å². The van der Waals surface area contributed by atoms with E-state index in [9.17, 15) is 4.39 Å². The van der Waals surface area contributed by atoms with Gasteiger partial charge in [-0.1, -0.05) is 12.8 Å². The topological polar surface area (TPSA) is 38.4 Å². The van der Waals surface area contributed by atoms with Gasteiger partial charge in [-0.2, -0.15) is 0 Å². The molecule has 0 heterocycles. The van der Waals surface area contributed by atoms with Crippen molar-refractivity contribution in [1.29, 1.82) is 0 Å². The predicted molar refractivity (Wildman–Crippen MR) is 72.1 cm³/mol. The lowest BCUT2D eigenvalue weighted by Gasteiger charge is -2.09. The second kappa shape index (κ2) is 5.17. The van der Waals surface area contributed by atoms with E-state index in [-0.39, 0.29) is 5.82 Å². The van der Waals surface area contributed by atoms with Crippen LogP contribution in [0.15, 0.2) is 21.6 Å². The maximum Gasteiger partial charge on any atom is 0.137 e. The maximum atomic E-state index is 13.3. The molecule has 2 N–H and O–H groups in total. The summed E-state index contributed by atoms with van der Waals surface area (Å²) in [5.41, 5.74) is 7.57. The molecule has 0 spiro atoms. The van der Waals surface area contributed by atoms with Crippen molar-refractivity contribution in [3.63, 3.8) is 0 Å². The van der Waals surface area contributed by atoms with Crippen molar-refractivity contribution in [2.45, 2.75) is 32.6 Å². The van der Waals surface area contributed by atoms with Crippen molar-refractivity contribution in [2.24, 2.45) is 16.6 Å². The minimum atomic E-state index is -0.263. The Bertz CT molecular complexity index is 451. The van der Waals surface area contributed by atoms with Gasteiger partial charge in [-0.05, 0) is 53.4 Å². The Morgan fingerprint density at radius 3 is 2.71 bits per heavy atom. The second-order valence-electron chi connectivity index (χ2n) is 4.57. The highest BCUT2D eigenvalue weighted by molar-refractivity contribution is 9.10. The predicted octanol–water partition coefficient (Wildman–Crippen LogP) is 4.08. The van der Waals surface area contributed by atoms with Gasteiger partial charge in [0.25, 0.3) is 0 Å². The molecule has 1 aliphatic rings. The van der Waals surface area contributed by atoms with Gasteiger partial charge < -0.3 is 5.73 Å². The quantitative estimate of drug-likeness (QED) is 0.648. The average molecular weight is 299 g/mol. The highest BCUT2D eigenvalue weighted by Crippen LogP contribution is 2.29. The van der Waals surface area contributed by atoms with Crippen LogP contribution in [0.5, 0.6) is 0 Å². The molecule has 1 aromatic rings. The van der Waals surface area contributed by atoms with Gasteiger partial charge in [-0.15, -0.1) is 0 Å². The first-order valence-electron chi connectivity index (χ1n) is 5.87. The molecule has 1 saturated carbocycles. The molecule has 1 aromatic carbocycles. The summed E-state index contributed by atoms with van der Waals surface area (Å²) in [4.78, 5) is 4.44. The van der Waals surface area contributed by atoms with Gasteiger partial charge >= 0.3 is 0 Å². The van der Waals surface area contributed by atoms with Gasteiger partial charge in [-0.3, -0.25) is 0 Å². The second-order valence-corrected chi connectivity index (χ2v) is 5.43. The first kappa shape index (κ1) is 12.6. The molecule has 4 heteroatoms. The lowest BCUT2D eigenvalue weighted by atomic mass is 10.1. The summed E-state index contributed by atoms with van der Waals surface area (Å²) < 4.78 is 13.7. The molecule has 1 aliphatic carbocycles. The summed E-state index contributed by atoms with van der Waals surface area (Å²) in [6, 6.07) is 3.16. The van der Waals surface area contributed by atoms with Gasteiger partial charge in [0.05, 0.1) is 10.2 Å². The van der Waals surface area contributed by atoms with Crippen LogP contribution in [0.25, 0.3) is 0 Å².